The smallest absolute Gasteiger partial charge is 0.341 e. The van der Waals surface area contributed by atoms with E-state index < -0.39 is 17.8 Å². The lowest BCUT2D eigenvalue weighted by atomic mass is 10.1. The van der Waals surface area contributed by atoms with Gasteiger partial charge in [0, 0.05) is 16.3 Å². The van der Waals surface area contributed by atoms with Crippen molar-refractivity contribution in [3.63, 3.8) is 0 Å². The Kier molecular flexibility index (Phi) is 5.43. The first-order chi connectivity index (χ1) is 13.6. The van der Waals surface area contributed by atoms with Crippen molar-refractivity contribution in [3.8, 4) is 5.00 Å². The van der Waals surface area contributed by atoms with Crippen LogP contribution < -0.4 is 10.6 Å². The number of aryl methyl sites for hydroxylation is 2. The summed E-state index contributed by atoms with van der Waals surface area (Å²) >= 11 is 1.48. The van der Waals surface area contributed by atoms with Crippen molar-refractivity contribution in [2.75, 3.05) is 6.61 Å². The lowest BCUT2D eigenvalue weighted by Gasteiger charge is -2.14. The number of nitrogens with zero attached hydrogens (tertiary/aromatic N) is 1. The number of urea groups is 1. The SMILES string of the molecule is CCOC(=O)c1c(-n2c(C)cc(C=C3C(=O)NC(=O)NC3=O)c2C)sc(C)c1C. The number of ether oxygens (including phenoxy) is 1. The van der Waals surface area contributed by atoms with E-state index in [1.54, 1.807) is 6.92 Å². The summed E-state index contributed by atoms with van der Waals surface area (Å²) in [4.78, 5) is 48.9. The highest BCUT2D eigenvalue weighted by Gasteiger charge is 2.29. The lowest BCUT2D eigenvalue weighted by Crippen LogP contribution is -2.51. The Hall–Kier alpha value is -3.20. The molecule has 0 bridgehead atoms. The number of rotatable bonds is 4. The third kappa shape index (κ3) is 3.61. The van der Waals surface area contributed by atoms with Crippen LogP contribution in [0.1, 0.15) is 44.7 Å². The Labute approximate surface area is 171 Å². The van der Waals surface area contributed by atoms with E-state index in [1.807, 2.05) is 38.3 Å². The van der Waals surface area contributed by atoms with E-state index in [4.69, 9.17) is 4.74 Å². The van der Waals surface area contributed by atoms with Crippen molar-refractivity contribution < 1.29 is 23.9 Å². The molecule has 152 valence electrons. The number of imide groups is 2. The first-order valence-electron chi connectivity index (χ1n) is 9.00. The van der Waals surface area contributed by atoms with Gasteiger partial charge in [-0.3, -0.25) is 20.2 Å². The molecule has 8 nitrogen and oxygen atoms in total. The molecule has 3 rings (SSSR count). The second-order valence-corrected chi connectivity index (χ2v) is 7.84. The van der Waals surface area contributed by atoms with Crippen molar-refractivity contribution in [3.05, 3.63) is 44.6 Å². The number of amides is 4. The average molecular weight is 415 g/mol. The predicted octanol–water partition coefficient (Wildman–Crippen LogP) is 2.70. The van der Waals surface area contributed by atoms with Crippen LogP contribution in [0, 0.1) is 27.7 Å². The molecule has 1 saturated heterocycles. The Morgan fingerprint density at radius 2 is 1.76 bits per heavy atom. The Bertz CT molecular complexity index is 1070. The summed E-state index contributed by atoms with van der Waals surface area (Å²) in [6.07, 6.45) is 1.44. The zero-order valence-corrected chi connectivity index (χ0v) is 17.6. The van der Waals surface area contributed by atoms with Gasteiger partial charge in [0.15, 0.2) is 0 Å². The highest BCUT2D eigenvalue weighted by molar-refractivity contribution is 7.15. The second kappa shape index (κ2) is 7.67. The maximum atomic E-state index is 12.6. The van der Waals surface area contributed by atoms with Crippen LogP contribution in [-0.4, -0.2) is 35.0 Å². The number of aromatic nitrogens is 1. The first kappa shape index (κ1) is 20.5. The van der Waals surface area contributed by atoms with Crippen molar-refractivity contribution >= 4 is 41.2 Å². The van der Waals surface area contributed by atoms with Gasteiger partial charge < -0.3 is 9.30 Å². The van der Waals surface area contributed by atoms with Crippen molar-refractivity contribution in [2.24, 2.45) is 0 Å². The highest BCUT2D eigenvalue weighted by atomic mass is 32.1. The topological polar surface area (TPSA) is 106 Å². The minimum atomic E-state index is -0.841. The van der Waals surface area contributed by atoms with Crippen LogP contribution in [0.5, 0.6) is 0 Å². The van der Waals surface area contributed by atoms with Crippen LogP contribution in [-0.2, 0) is 14.3 Å². The highest BCUT2D eigenvalue weighted by Crippen LogP contribution is 2.35. The molecule has 0 unspecified atom stereocenters. The molecule has 2 N–H and O–H groups in total. The van der Waals surface area contributed by atoms with Crippen LogP contribution in [0.3, 0.4) is 0 Å². The van der Waals surface area contributed by atoms with Crippen LogP contribution in [0.15, 0.2) is 11.6 Å². The number of thiophene rings is 1. The monoisotopic (exact) mass is 415 g/mol. The first-order valence-corrected chi connectivity index (χ1v) is 9.82. The minimum Gasteiger partial charge on any atom is -0.462 e. The molecule has 0 atom stereocenters. The quantitative estimate of drug-likeness (QED) is 0.454. The molecular weight excluding hydrogens is 394 g/mol. The molecule has 0 aliphatic carbocycles. The fourth-order valence-corrected chi connectivity index (χ4v) is 4.47. The van der Waals surface area contributed by atoms with Crippen LogP contribution in [0.25, 0.3) is 11.1 Å². The third-order valence-electron chi connectivity index (χ3n) is 4.76. The summed E-state index contributed by atoms with van der Waals surface area (Å²) in [7, 11) is 0. The number of nitrogens with one attached hydrogen (secondary N) is 2. The summed E-state index contributed by atoms with van der Waals surface area (Å²) in [6, 6.07) is 0.977. The van der Waals surface area contributed by atoms with Crippen LogP contribution in [0.4, 0.5) is 4.79 Å². The predicted molar refractivity (Wildman–Crippen MR) is 108 cm³/mol. The maximum absolute atomic E-state index is 12.6. The van der Waals surface area contributed by atoms with Gasteiger partial charge in [0.25, 0.3) is 11.8 Å². The molecule has 0 saturated carbocycles. The largest absolute Gasteiger partial charge is 0.462 e. The molecule has 1 aliphatic rings. The van der Waals surface area contributed by atoms with Crippen molar-refractivity contribution in [2.45, 2.75) is 34.6 Å². The molecule has 3 heterocycles. The number of carbonyl (C=O) groups is 4. The summed E-state index contributed by atoms with van der Waals surface area (Å²) in [6.45, 7) is 9.56. The number of barbiturate groups is 1. The Morgan fingerprint density at radius 1 is 1.14 bits per heavy atom. The molecule has 2 aromatic heterocycles. The molecule has 29 heavy (non-hydrogen) atoms. The van der Waals surface area contributed by atoms with Crippen LogP contribution in [0.2, 0.25) is 0 Å². The third-order valence-corrected chi connectivity index (χ3v) is 5.96. The molecule has 9 heteroatoms. The van der Waals surface area contributed by atoms with E-state index in [0.717, 1.165) is 26.8 Å². The number of carbonyl (C=O) groups excluding carboxylic acids is 4. The van der Waals surface area contributed by atoms with E-state index in [-0.39, 0.29) is 18.1 Å². The van der Waals surface area contributed by atoms with Gasteiger partial charge >= 0.3 is 12.0 Å². The lowest BCUT2D eigenvalue weighted by molar-refractivity contribution is -0.123. The van der Waals surface area contributed by atoms with Gasteiger partial charge in [-0.05, 0) is 57.9 Å². The van der Waals surface area contributed by atoms with Gasteiger partial charge in [-0.25, -0.2) is 9.59 Å². The van der Waals surface area contributed by atoms with Gasteiger partial charge in [-0.1, -0.05) is 0 Å². The molecule has 0 spiro atoms. The summed E-state index contributed by atoms with van der Waals surface area (Å²) < 4.78 is 7.15. The van der Waals surface area contributed by atoms with Crippen LogP contribution >= 0.6 is 11.3 Å². The standard InChI is InChI=1S/C20H21N3O5S/c1-6-28-19(26)15-10(3)12(5)29-18(15)23-9(2)7-13(11(23)4)8-14-16(24)21-20(27)22-17(14)25/h7-8H,6H2,1-5H3,(H2,21,22,24,25,27). The van der Waals surface area contributed by atoms with Crippen molar-refractivity contribution in [1.82, 2.24) is 15.2 Å². The summed E-state index contributed by atoms with van der Waals surface area (Å²) in [5.74, 6) is -1.89. The molecule has 0 aromatic carbocycles. The Balaban J connectivity index is 2.13. The van der Waals surface area contributed by atoms with Gasteiger partial charge in [-0.2, -0.15) is 0 Å². The zero-order chi connectivity index (χ0) is 21.5. The minimum absolute atomic E-state index is 0.158. The number of hydrogen-bond acceptors (Lipinski definition) is 6. The molecule has 1 aliphatic heterocycles. The Morgan fingerprint density at radius 3 is 2.34 bits per heavy atom. The fourth-order valence-electron chi connectivity index (χ4n) is 3.22. The van der Waals surface area contributed by atoms with Gasteiger partial charge in [0.1, 0.15) is 10.6 Å². The molecule has 0 radical (unpaired) electrons. The zero-order valence-electron chi connectivity index (χ0n) is 16.8. The molecule has 2 aromatic rings. The van der Waals surface area contributed by atoms with E-state index >= 15 is 0 Å². The summed E-state index contributed by atoms with van der Waals surface area (Å²) in [5.41, 5.74) is 3.42. The molecule has 1 fully saturated rings. The average Bonchev–Trinajstić information content (AvgIpc) is 3.06. The second-order valence-electron chi connectivity index (χ2n) is 6.64. The van der Waals surface area contributed by atoms with E-state index in [9.17, 15) is 19.2 Å². The number of esters is 1. The van der Waals surface area contributed by atoms with E-state index in [2.05, 4.69) is 10.6 Å². The van der Waals surface area contributed by atoms with Gasteiger partial charge in [0.2, 0.25) is 0 Å². The van der Waals surface area contributed by atoms with Gasteiger partial charge in [-0.15, -0.1) is 11.3 Å². The molecular formula is C20H21N3O5S. The van der Waals surface area contributed by atoms with Crippen molar-refractivity contribution in [1.29, 1.82) is 0 Å². The normalized spacial score (nSPS) is 14.0. The fraction of sp³-hybridized carbons (Fsp3) is 0.300. The maximum Gasteiger partial charge on any atom is 0.341 e. The van der Waals surface area contributed by atoms with E-state index in [0.29, 0.717) is 11.1 Å². The molecule has 4 amide bonds. The summed E-state index contributed by atoms with van der Waals surface area (Å²) in [5, 5.41) is 4.84. The van der Waals surface area contributed by atoms with E-state index in [1.165, 1.54) is 17.4 Å². The number of hydrogen-bond donors (Lipinski definition) is 2. The van der Waals surface area contributed by atoms with Gasteiger partial charge in [0.05, 0.1) is 12.2 Å².